The molecule has 0 spiro atoms. The van der Waals surface area contributed by atoms with E-state index in [1.165, 1.54) is 32.5 Å². The quantitative estimate of drug-likeness (QED) is 0.304. The number of carbonyl (C=O) groups is 3. The van der Waals surface area contributed by atoms with Gasteiger partial charge in [0.2, 0.25) is 5.78 Å². The minimum absolute atomic E-state index is 0.00746. The number of benzene rings is 2. The number of amides is 1. The van der Waals surface area contributed by atoms with E-state index in [0.717, 1.165) is 6.92 Å². The average molecular weight is 534 g/mol. The number of hydrogen-bond donors (Lipinski definition) is 0. The Hall–Kier alpha value is -4.35. The van der Waals surface area contributed by atoms with Crippen LogP contribution in [0.4, 0.5) is 13.2 Å². The van der Waals surface area contributed by atoms with Crippen molar-refractivity contribution in [3.8, 4) is 17.2 Å². The lowest BCUT2D eigenvalue weighted by atomic mass is 9.98. The molecule has 38 heavy (non-hydrogen) atoms. The van der Waals surface area contributed by atoms with E-state index in [0.29, 0.717) is 11.1 Å². The van der Waals surface area contributed by atoms with Crippen molar-refractivity contribution in [2.45, 2.75) is 39.6 Å². The first-order valence-electron chi connectivity index (χ1n) is 11.3. The predicted octanol–water partition coefficient (Wildman–Crippen LogP) is 4.64. The van der Waals surface area contributed by atoms with Crippen LogP contribution in [-0.2, 0) is 21.0 Å². The van der Waals surface area contributed by atoms with Gasteiger partial charge in [0, 0.05) is 29.6 Å². The number of ether oxygens (including phenoxy) is 3. The van der Waals surface area contributed by atoms with Gasteiger partial charge in [-0.1, -0.05) is 12.1 Å². The van der Waals surface area contributed by atoms with Crippen molar-refractivity contribution >= 4 is 28.4 Å². The lowest BCUT2D eigenvalue weighted by Gasteiger charge is -2.21. The summed E-state index contributed by atoms with van der Waals surface area (Å²) in [5.74, 6) is -2.99. The van der Waals surface area contributed by atoms with Crippen LogP contribution in [0.1, 0.15) is 42.4 Å². The number of hydrogen-bond acceptors (Lipinski definition) is 8. The van der Waals surface area contributed by atoms with Gasteiger partial charge in [0.05, 0.1) is 26.9 Å². The van der Waals surface area contributed by atoms with Crippen LogP contribution < -0.4 is 14.2 Å². The standard InChI is InChI=1S/C26H25F3N2O7/c1-14(2)37-18-8-6-7-16(9-18)24(33)23-20-11-22(36-5)21(35-4)10-19(20)17(12-30-23)13-31(15(3)32)38-25(34)26(27,28)29/h6-12,14H,13H2,1-5H3. The number of aromatic nitrogens is 1. The molecule has 0 aliphatic carbocycles. The maximum atomic E-state index is 13.5. The van der Waals surface area contributed by atoms with Crippen molar-refractivity contribution in [2.24, 2.45) is 0 Å². The minimum Gasteiger partial charge on any atom is -0.493 e. The first kappa shape index (κ1) is 28.2. The molecule has 0 atom stereocenters. The maximum absolute atomic E-state index is 13.5. The Morgan fingerprint density at radius 2 is 1.63 bits per heavy atom. The fourth-order valence-corrected chi connectivity index (χ4v) is 3.56. The Labute approximate surface area is 216 Å². The molecule has 0 aliphatic heterocycles. The van der Waals surface area contributed by atoms with Gasteiger partial charge in [-0.15, -0.1) is 0 Å². The zero-order valence-corrected chi connectivity index (χ0v) is 21.2. The lowest BCUT2D eigenvalue weighted by Crippen LogP contribution is -2.37. The molecule has 3 aromatic rings. The molecule has 2 aromatic carbocycles. The van der Waals surface area contributed by atoms with E-state index in [4.69, 9.17) is 14.2 Å². The van der Waals surface area contributed by atoms with Crippen LogP contribution in [0.2, 0.25) is 0 Å². The van der Waals surface area contributed by atoms with Crippen LogP contribution in [0.3, 0.4) is 0 Å². The number of methoxy groups -OCH3 is 2. The Morgan fingerprint density at radius 1 is 1.00 bits per heavy atom. The van der Waals surface area contributed by atoms with E-state index in [1.807, 2.05) is 13.8 Å². The van der Waals surface area contributed by atoms with E-state index in [1.54, 1.807) is 24.3 Å². The van der Waals surface area contributed by atoms with Crippen molar-refractivity contribution < 1.29 is 46.6 Å². The number of carbonyl (C=O) groups excluding carboxylic acids is 3. The molecule has 0 radical (unpaired) electrons. The topological polar surface area (TPSA) is 104 Å². The van der Waals surface area contributed by atoms with Crippen LogP contribution in [0.25, 0.3) is 10.8 Å². The second kappa shape index (κ2) is 11.4. The zero-order valence-electron chi connectivity index (χ0n) is 21.2. The fraction of sp³-hybridized carbons (Fsp3) is 0.308. The van der Waals surface area contributed by atoms with Gasteiger partial charge in [0.25, 0.3) is 5.91 Å². The molecular weight excluding hydrogens is 509 g/mol. The normalized spacial score (nSPS) is 11.3. The molecule has 0 saturated carbocycles. The predicted molar refractivity (Wildman–Crippen MR) is 129 cm³/mol. The summed E-state index contributed by atoms with van der Waals surface area (Å²) in [4.78, 5) is 45.4. The highest BCUT2D eigenvalue weighted by atomic mass is 19.4. The number of rotatable bonds is 8. The van der Waals surface area contributed by atoms with Crippen molar-refractivity contribution in [1.29, 1.82) is 0 Å². The summed E-state index contributed by atoms with van der Waals surface area (Å²) < 4.78 is 54.6. The van der Waals surface area contributed by atoms with Crippen LogP contribution in [-0.4, -0.2) is 54.2 Å². The molecular formula is C26H25F3N2O7. The number of pyridine rings is 1. The Kier molecular flexibility index (Phi) is 8.44. The SMILES string of the molecule is COc1cc2c(CN(OC(=O)C(F)(F)F)C(C)=O)cnc(C(=O)c3cccc(OC(C)C)c3)c2cc1OC. The maximum Gasteiger partial charge on any atom is 0.493 e. The van der Waals surface area contributed by atoms with Crippen LogP contribution >= 0.6 is 0 Å². The fourth-order valence-electron chi connectivity index (χ4n) is 3.56. The Morgan fingerprint density at radius 3 is 2.18 bits per heavy atom. The van der Waals surface area contributed by atoms with Gasteiger partial charge < -0.3 is 19.0 Å². The van der Waals surface area contributed by atoms with Gasteiger partial charge in [-0.3, -0.25) is 14.6 Å². The molecule has 0 bridgehead atoms. The average Bonchev–Trinajstić information content (AvgIpc) is 2.86. The second-order valence-electron chi connectivity index (χ2n) is 8.34. The summed E-state index contributed by atoms with van der Waals surface area (Å²) in [5, 5.41) is 0.841. The molecule has 0 unspecified atom stereocenters. The monoisotopic (exact) mass is 534 g/mol. The van der Waals surface area contributed by atoms with E-state index in [2.05, 4.69) is 9.82 Å². The van der Waals surface area contributed by atoms with Crippen LogP contribution in [0.5, 0.6) is 17.2 Å². The van der Waals surface area contributed by atoms with Gasteiger partial charge in [-0.25, -0.2) is 4.79 Å². The van der Waals surface area contributed by atoms with Crippen molar-refractivity contribution in [1.82, 2.24) is 10.0 Å². The van der Waals surface area contributed by atoms with E-state index in [-0.39, 0.29) is 44.9 Å². The number of ketones is 1. The van der Waals surface area contributed by atoms with Crippen molar-refractivity contribution in [2.75, 3.05) is 14.2 Å². The summed E-state index contributed by atoms with van der Waals surface area (Å²) in [5.41, 5.74) is 0.469. The second-order valence-corrected chi connectivity index (χ2v) is 8.34. The minimum atomic E-state index is -5.31. The van der Waals surface area contributed by atoms with E-state index in [9.17, 15) is 27.6 Å². The molecule has 202 valence electrons. The van der Waals surface area contributed by atoms with Gasteiger partial charge in [-0.05, 0) is 43.5 Å². The highest BCUT2D eigenvalue weighted by molar-refractivity contribution is 6.15. The van der Waals surface area contributed by atoms with Gasteiger partial charge >= 0.3 is 12.1 Å². The summed E-state index contributed by atoms with van der Waals surface area (Å²) in [6, 6.07) is 9.50. The summed E-state index contributed by atoms with van der Waals surface area (Å²) in [6.07, 6.45) is -4.21. The highest BCUT2D eigenvalue weighted by Crippen LogP contribution is 2.36. The van der Waals surface area contributed by atoms with Crippen molar-refractivity contribution in [3.63, 3.8) is 0 Å². The number of alkyl halides is 3. The van der Waals surface area contributed by atoms with Crippen molar-refractivity contribution in [3.05, 3.63) is 59.4 Å². The summed E-state index contributed by atoms with van der Waals surface area (Å²) in [6.45, 7) is 4.05. The first-order valence-corrected chi connectivity index (χ1v) is 11.3. The zero-order chi connectivity index (χ0) is 28.2. The number of fused-ring (bicyclic) bond motifs is 1. The molecule has 1 amide bonds. The first-order chi connectivity index (χ1) is 17.8. The third-order valence-electron chi connectivity index (χ3n) is 5.25. The van der Waals surface area contributed by atoms with E-state index < -0.39 is 30.4 Å². The largest absolute Gasteiger partial charge is 0.493 e. The number of hydroxylamine groups is 2. The molecule has 0 saturated heterocycles. The molecule has 12 heteroatoms. The molecule has 0 N–H and O–H groups in total. The van der Waals surface area contributed by atoms with E-state index >= 15 is 0 Å². The Balaban J connectivity index is 2.14. The van der Waals surface area contributed by atoms with Crippen LogP contribution in [0, 0.1) is 0 Å². The molecule has 0 aliphatic rings. The Bertz CT molecular complexity index is 1370. The molecule has 1 aromatic heterocycles. The molecule has 0 fully saturated rings. The lowest BCUT2D eigenvalue weighted by molar-refractivity contribution is -0.238. The number of nitrogens with zero attached hydrogens (tertiary/aromatic N) is 2. The third kappa shape index (κ3) is 6.31. The van der Waals surface area contributed by atoms with Crippen LogP contribution in [0.15, 0.2) is 42.6 Å². The molecule has 1 heterocycles. The highest BCUT2D eigenvalue weighted by Gasteiger charge is 2.43. The molecule has 3 rings (SSSR count). The number of halogens is 3. The summed E-state index contributed by atoms with van der Waals surface area (Å²) >= 11 is 0. The smallest absolute Gasteiger partial charge is 0.493 e. The molecule has 9 nitrogen and oxygen atoms in total. The van der Waals surface area contributed by atoms with Gasteiger partial charge in [0.1, 0.15) is 11.4 Å². The third-order valence-corrected chi connectivity index (χ3v) is 5.25. The van der Waals surface area contributed by atoms with Gasteiger partial charge in [-0.2, -0.15) is 18.2 Å². The summed E-state index contributed by atoms with van der Waals surface area (Å²) in [7, 11) is 2.77. The van der Waals surface area contributed by atoms with Gasteiger partial charge in [0.15, 0.2) is 11.5 Å².